The third-order valence-electron chi connectivity index (χ3n) is 3.35. The van der Waals surface area contributed by atoms with Gasteiger partial charge >= 0.3 is 5.97 Å². The van der Waals surface area contributed by atoms with Gasteiger partial charge in [0.15, 0.2) is 5.16 Å². The van der Waals surface area contributed by atoms with Crippen LogP contribution in [0, 0.1) is 0 Å². The maximum Gasteiger partial charge on any atom is 0.313 e. The highest BCUT2D eigenvalue weighted by molar-refractivity contribution is 7.99. The van der Waals surface area contributed by atoms with E-state index in [9.17, 15) is 4.79 Å². The summed E-state index contributed by atoms with van der Waals surface area (Å²) >= 11 is 8.76. The molecule has 1 unspecified atom stereocenters. The molecule has 0 aromatic carbocycles. The van der Waals surface area contributed by atoms with Crippen molar-refractivity contribution in [3.8, 4) is 0 Å². The summed E-state index contributed by atoms with van der Waals surface area (Å²) in [6.07, 6.45) is 2.25. The number of aliphatic carboxylic acids is 1. The molecule has 112 valence electrons. The molecule has 1 aliphatic carbocycles. The second-order valence-electron chi connectivity index (χ2n) is 4.99. The van der Waals surface area contributed by atoms with Gasteiger partial charge in [-0.15, -0.1) is 21.5 Å². The quantitative estimate of drug-likeness (QED) is 0.811. The molecule has 1 atom stereocenters. The number of aromatic nitrogens is 3. The summed E-state index contributed by atoms with van der Waals surface area (Å²) in [5, 5.41) is 18.0. The van der Waals surface area contributed by atoms with Crippen LogP contribution in [0.3, 0.4) is 0 Å². The molecule has 3 rings (SSSR count). The van der Waals surface area contributed by atoms with Gasteiger partial charge in [0.25, 0.3) is 0 Å². The van der Waals surface area contributed by atoms with E-state index >= 15 is 0 Å². The first kappa shape index (κ1) is 14.9. The van der Waals surface area contributed by atoms with Crippen LogP contribution in [0.15, 0.2) is 17.3 Å². The van der Waals surface area contributed by atoms with Crippen molar-refractivity contribution in [2.75, 3.05) is 5.75 Å². The third kappa shape index (κ3) is 3.25. The fourth-order valence-corrected chi connectivity index (χ4v) is 4.02. The van der Waals surface area contributed by atoms with Crippen LogP contribution in [0.25, 0.3) is 0 Å². The van der Waals surface area contributed by atoms with E-state index in [2.05, 4.69) is 21.7 Å². The monoisotopic (exact) mass is 343 g/mol. The Morgan fingerprint density at radius 1 is 1.57 bits per heavy atom. The van der Waals surface area contributed by atoms with Crippen LogP contribution >= 0.6 is 34.7 Å². The zero-order chi connectivity index (χ0) is 15.0. The first-order chi connectivity index (χ1) is 10.1. The fraction of sp³-hybridized carbons (Fsp3) is 0.462. The number of rotatable bonds is 6. The van der Waals surface area contributed by atoms with Crippen molar-refractivity contribution in [1.82, 2.24) is 14.8 Å². The number of thioether (sulfide) groups is 1. The maximum atomic E-state index is 10.8. The van der Waals surface area contributed by atoms with Gasteiger partial charge in [0, 0.05) is 10.8 Å². The zero-order valence-corrected chi connectivity index (χ0v) is 13.7. The van der Waals surface area contributed by atoms with Gasteiger partial charge in [0.1, 0.15) is 5.82 Å². The molecule has 2 aromatic rings. The van der Waals surface area contributed by atoms with E-state index < -0.39 is 5.97 Å². The normalized spacial score (nSPS) is 16.1. The molecule has 5 nitrogen and oxygen atoms in total. The van der Waals surface area contributed by atoms with Crippen LogP contribution in [0.2, 0.25) is 4.34 Å². The van der Waals surface area contributed by atoms with Crippen LogP contribution in [-0.4, -0.2) is 31.6 Å². The summed E-state index contributed by atoms with van der Waals surface area (Å²) < 4.78 is 2.81. The Hall–Kier alpha value is -1.05. The molecule has 0 aliphatic heterocycles. The van der Waals surface area contributed by atoms with Crippen LogP contribution in [0.1, 0.15) is 42.4 Å². The van der Waals surface area contributed by atoms with Gasteiger partial charge in [-0.3, -0.25) is 9.36 Å². The van der Waals surface area contributed by atoms with Crippen LogP contribution in [-0.2, 0) is 4.79 Å². The number of carboxylic acids is 1. The summed E-state index contributed by atoms with van der Waals surface area (Å²) in [6.45, 7) is 2.07. The zero-order valence-electron chi connectivity index (χ0n) is 11.3. The molecule has 0 amide bonds. The lowest BCUT2D eigenvalue weighted by Gasteiger charge is -2.16. The van der Waals surface area contributed by atoms with Crippen molar-refractivity contribution in [2.45, 2.75) is 36.9 Å². The second-order valence-corrected chi connectivity index (χ2v) is 7.67. The van der Waals surface area contributed by atoms with Gasteiger partial charge in [-0.25, -0.2) is 0 Å². The molecule has 0 bridgehead atoms. The standard InChI is InChI=1S/C13H14ClN3O2S2/c1-7(9-4-5-10(14)21-9)17-12(8-2-3-8)15-16-13(17)20-6-11(18)19/h4-5,7-8H,2-3,6H2,1H3,(H,18,19). The Bertz CT molecular complexity index is 666. The summed E-state index contributed by atoms with van der Waals surface area (Å²) in [5.74, 6) is 0.546. The van der Waals surface area contributed by atoms with Gasteiger partial charge in [0.05, 0.1) is 16.1 Å². The lowest BCUT2D eigenvalue weighted by molar-refractivity contribution is -0.133. The number of nitrogens with zero attached hydrogens (tertiary/aromatic N) is 3. The van der Waals surface area contributed by atoms with Crippen molar-refractivity contribution in [2.24, 2.45) is 0 Å². The molecule has 1 saturated carbocycles. The number of carboxylic acid groups (broad SMARTS) is 1. The van der Waals surface area contributed by atoms with Crippen molar-refractivity contribution < 1.29 is 9.90 Å². The van der Waals surface area contributed by atoms with Gasteiger partial charge < -0.3 is 5.11 Å². The Morgan fingerprint density at radius 2 is 2.33 bits per heavy atom. The van der Waals surface area contributed by atoms with E-state index in [0.29, 0.717) is 11.1 Å². The van der Waals surface area contributed by atoms with E-state index in [-0.39, 0.29) is 11.8 Å². The molecule has 2 heterocycles. The van der Waals surface area contributed by atoms with Gasteiger partial charge in [-0.2, -0.15) is 0 Å². The topological polar surface area (TPSA) is 68.0 Å². The minimum Gasteiger partial charge on any atom is -0.481 e. The number of hydrogen-bond donors (Lipinski definition) is 1. The van der Waals surface area contributed by atoms with Crippen molar-refractivity contribution in [3.05, 3.63) is 27.2 Å². The van der Waals surface area contributed by atoms with Gasteiger partial charge in [0.2, 0.25) is 0 Å². The van der Waals surface area contributed by atoms with Gasteiger partial charge in [-0.05, 0) is 31.9 Å². The van der Waals surface area contributed by atoms with E-state index in [4.69, 9.17) is 16.7 Å². The van der Waals surface area contributed by atoms with E-state index in [1.165, 1.54) is 23.1 Å². The predicted octanol–water partition coefficient (Wildman–Crippen LogP) is 3.66. The lowest BCUT2D eigenvalue weighted by atomic mass is 10.2. The summed E-state index contributed by atoms with van der Waals surface area (Å²) in [6, 6.07) is 3.94. The Morgan fingerprint density at radius 3 is 2.90 bits per heavy atom. The maximum absolute atomic E-state index is 10.8. The average Bonchev–Trinajstić information content (AvgIpc) is 3.05. The molecule has 1 N–H and O–H groups in total. The molecule has 2 aromatic heterocycles. The van der Waals surface area contributed by atoms with Crippen molar-refractivity contribution >= 4 is 40.7 Å². The summed E-state index contributed by atoms with van der Waals surface area (Å²) in [7, 11) is 0. The Balaban J connectivity index is 1.93. The van der Waals surface area contributed by atoms with Crippen LogP contribution in [0.5, 0.6) is 0 Å². The number of thiophene rings is 1. The van der Waals surface area contributed by atoms with Gasteiger partial charge in [-0.1, -0.05) is 23.4 Å². The molecule has 0 saturated heterocycles. The molecule has 8 heteroatoms. The minimum absolute atomic E-state index is 0.0132. The highest BCUT2D eigenvalue weighted by atomic mass is 35.5. The molecular weight excluding hydrogens is 330 g/mol. The van der Waals surface area contributed by atoms with Crippen LogP contribution < -0.4 is 0 Å². The smallest absolute Gasteiger partial charge is 0.313 e. The Kier molecular flexibility index (Phi) is 4.24. The van der Waals surface area contributed by atoms with Crippen molar-refractivity contribution in [3.63, 3.8) is 0 Å². The summed E-state index contributed by atoms with van der Waals surface area (Å²) in [4.78, 5) is 11.9. The van der Waals surface area contributed by atoms with E-state index in [1.807, 2.05) is 12.1 Å². The predicted molar refractivity (Wildman–Crippen MR) is 83.5 cm³/mol. The lowest BCUT2D eigenvalue weighted by Crippen LogP contribution is -2.11. The highest BCUT2D eigenvalue weighted by Gasteiger charge is 2.32. The first-order valence-corrected chi connectivity index (χ1v) is 8.79. The second kappa shape index (κ2) is 5.98. The molecule has 1 fully saturated rings. The molecule has 0 radical (unpaired) electrons. The molecule has 21 heavy (non-hydrogen) atoms. The number of halogens is 1. The number of carbonyl (C=O) groups is 1. The minimum atomic E-state index is -0.852. The third-order valence-corrected chi connectivity index (χ3v) is 5.68. The van der Waals surface area contributed by atoms with E-state index in [1.54, 1.807) is 0 Å². The molecule has 0 spiro atoms. The molecular formula is C13H14ClN3O2S2. The highest BCUT2D eigenvalue weighted by Crippen LogP contribution is 2.42. The summed E-state index contributed by atoms with van der Waals surface area (Å²) in [5.41, 5.74) is 0. The van der Waals surface area contributed by atoms with Crippen molar-refractivity contribution in [1.29, 1.82) is 0 Å². The molecule has 1 aliphatic rings. The Labute approximate surface area is 135 Å². The first-order valence-electron chi connectivity index (χ1n) is 6.61. The SMILES string of the molecule is CC(c1ccc(Cl)s1)n1c(SCC(=O)O)nnc1C1CC1. The average molecular weight is 344 g/mol. The fourth-order valence-electron chi connectivity index (χ4n) is 2.18. The largest absolute Gasteiger partial charge is 0.481 e. The number of hydrogen-bond acceptors (Lipinski definition) is 5. The van der Waals surface area contributed by atoms with E-state index in [0.717, 1.165) is 27.9 Å². The van der Waals surface area contributed by atoms with Crippen LogP contribution in [0.4, 0.5) is 0 Å².